The van der Waals surface area contributed by atoms with Gasteiger partial charge in [0.15, 0.2) is 0 Å². The van der Waals surface area contributed by atoms with Crippen molar-refractivity contribution in [3.8, 4) is 0 Å². The minimum Gasteiger partial charge on any atom is -0.315 e. The van der Waals surface area contributed by atoms with Gasteiger partial charge in [-0.25, -0.2) is 0 Å². The molecule has 0 atom stereocenters. The molecule has 1 nitrogen and oxygen atoms in total. The second kappa shape index (κ2) is 6.64. The van der Waals surface area contributed by atoms with Crippen molar-refractivity contribution in [1.29, 1.82) is 0 Å². The van der Waals surface area contributed by atoms with Crippen LogP contribution in [-0.4, -0.2) is 12.6 Å². The summed E-state index contributed by atoms with van der Waals surface area (Å²) >= 11 is 0. The second-order valence-electron chi connectivity index (χ2n) is 6.17. The number of nitrogens with one attached hydrogen (secondary N) is 1. The van der Waals surface area contributed by atoms with Gasteiger partial charge in [0.1, 0.15) is 0 Å². The van der Waals surface area contributed by atoms with E-state index < -0.39 is 0 Å². The summed E-state index contributed by atoms with van der Waals surface area (Å²) in [6.45, 7) is 10.4. The fourth-order valence-corrected chi connectivity index (χ4v) is 3.54. The molecule has 0 aromatic carbocycles. The molecule has 1 aliphatic rings. The van der Waals surface area contributed by atoms with Gasteiger partial charge in [0.25, 0.3) is 0 Å². The second-order valence-corrected chi connectivity index (χ2v) is 6.17. The van der Waals surface area contributed by atoms with E-state index in [9.17, 15) is 0 Å². The molecule has 0 aliphatic heterocycles. The summed E-state index contributed by atoms with van der Waals surface area (Å²) in [4.78, 5) is 0. The van der Waals surface area contributed by atoms with Crippen LogP contribution in [0.3, 0.4) is 0 Å². The normalized spacial score (nSPS) is 20.1. The molecule has 0 bridgehead atoms. The average molecular weight is 225 g/mol. The van der Waals surface area contributed by atoms with Crippen molar-refractivity contribution in [3.63, 3.8) is 0 Å². The monoisotopic (exact) mass is 225 g/mol. The molecule has 0 unspecified atom stereocenters. The van der Waals surface area contributed by atoms with Crippen LogP contribution < -0.4 is 5.32 Å². The van der Waals surface area contributed by atoms with Gasteiger partial charge >= 0.3 is 0 Å². The lowest BCUT2D eigenvalue weighted by atomic mass is 9.57. The zero-order valence-electron chi connectivity index (χ0n) is 11.8. The van der Waals surface area contributed by atoms with Gasteiger partial charge < -0.3 is 5.32 Å². The Labute approximate surface area is 102 Å². The van der Waals surface area contributed by atoms with Crippen LogP contribution in [0.15, 0.2) is 0 Å². The molecular weight excluding hydrogens is 194 g/mol. The van der Waals surface area contributed by atoms with E-state index in [0.29, 0.717) is 6.04 Å². The molecule has 0 amide bonds. The largest absolute Gasteiger partial charge is 0.315 e. The first kappa shape index (κ1) is 14.0. The summed E-state index contributed by atoms with van der Waals surface area (Å²) in [5.74, 6) is 1.02. The first-order valence-corrected chi connectivity index (χ1v) is 7.35. The van der Waals surface area contributed by atoms with Crippen LogP contribution >= 0.6 is 0 Å². The first-order valence-electron chi connectivity index (χ1n) is 7.35. The van der Waals surface area contributed by atoms with E-state index >= 15 is 0 Å². The number of hydrogen-bond acceptors (Lipinski definition) is 1. The van der Waals surface area contributed by atoms with Gasteiger partial charge in [0, 0.05) is 6.04 Å². The van der Waals surface area contributed by atoms with Crippen molar-refractivity contribution in [2.24, 2.45) is 11.3 Å². The third-order valence-corrected chi connectivity index (χ3v) is 4.11. The van der Waals surface area contributed by atoms with Crippen LogP contribution in [0, 0.1) is 11.3 Å². The molecule has 16 heavy (non-hydrogen) atoms. The lowest BCUT2D eigenvalue weighted by Crippen LogP contribution is -2.39. The summed E-state index contributed by atoms with van der Waals surface area (Å²) in [7, 11) is 0. The summed E-state index contributed by atoms with van der Waals surface area (Å²) < 4.78 is 0. The van der Waals surface area contributed by atoms with Crippen LogP contribution in [-0.2, 0) is 0 Å². The van der Waals surface area contributed by atoms with Crippen molar-refractivity contribution < 1.29 is 0 Å². The van der Waals surface area contributed by atoms with Crippen LogP contribution in [0.5, 0.6) is 0 Å². The molecule has 1 heteroatoms. The molecule has 0 aromatic heterocycles. The maximum atomic E-state index is 3.54. The van der Waals surface area contributed by atoms with Crippen LogP contribution in [0.25, 0.3) is 0 Å². The highest BCUT2D eigenvalue weighted by molar-refractivity contribution is 4.93. The van der Waals surface area contributed by atoms with Gasteiger partial charge in [-0.05, 0) is 50.0 Å². The van der Waals surface area contributed by atoms with Gasteiger partial charge in [0.2, 0.25) is 0 Å². The minimum absolute atomic E-state index is 0.649. The molecule has 96 valence electrons. The van der Waals surface area contributed by atoms with E-state index in [1.165, 1.54) is 51.5 Å². The van der Waals surface area contributed by atoms with Crippen molar-refractivity contribution in [2.75, 3.05) is 6.54 Å². The molecule has 1 N–H and O–H groups in total. The van der Waals surface area contributed by atoms with Crippen molar-refractivity contribution in [1.82, 2.24) is 5.32 Å². The lowest BCUT2D eigenvalue weighted by Gasteiger charge is -2.48. The summed E-state index contributed by atoms with van der Waals surface area (Å²) in [5, 5.41) is 3.54. The lowest BCUT2D eigenvalue weighted by molar-refractivity contribution is 0.0289. The highest BCUT2D eigenvalue weighted by Crippen LogP contribution is 2.53. The quantitative estimate of drug-likeness (QED) is 0.647. The van der Waals surface area contributed by atoms with Gasteiger partial charge in [0.05, 0.1) is 0 Å². The van der Waals surface area contributed by atoms with Crippen LogP contribution in [0.2, 0.25) is 0 Å². The van der Waals surface area contributed by atoms with E-state index in [0.717, 1.165) is 11.3 Å². The Balaban J connectivity index is 2.17. The fourth-order valence-electron chi connectivity index (χ4n) is 3.54. The first-order chi connectivity index (χ1) is 7.62. The smallest absolute Gasteiger partial charge is 0.00103 e. The topological polar surface area (TPSA) is 12.0 Å². The van der Waals surface area contributed by atoms with Gasteiger partial charge in [-0.1, -0.05) is 40.5 Å². The molecule has 1 rings (SSSR count). The van der Waals surface area contributed by atoms with E-state index in [4.69, 9.17) is 0 Å². The van der Waals surface area contributed by atoms with E-state index in [2.05, 4.69) is 33.0 Å². The molecule has 0 spiro atoms. The molecule has 1 aliphatic carbocycles. The Morgan fingerprint density at radius 3 is 2.12 bits per heavy atom. The minimum atomic E-state index is 0.649. The molecule has 1 fully saturated rings. The van der Waals surface area contributed by atoms with E-state index in [1.54, 1.807) is 0 Å². The average Bonchev–Trinajstić information content (AvgIpc) is 2.15. The molecule has 1 saturated carbocycles. The van der Waals surface area contributed by atoms with Crippen molar-refractivity contribution >= 4 is 0 Å². The fraction of sp³-hybridized carbons (Fsp3) is 1.00. The Morgan fingerprint density at radius 1 is 1.12 bits per heavy atom. The number of rotatable bonds is 8. The van der Waals surface area contributed by atoms with E-state index in [1.807, 2.05) is 0 Å². The summed E-state index contributed by atoms with van der Waals surface area (Å²) in [6.07, 6.45) is 10.1. The third kappa shape index (κ3) is 4.08. The Morgan fingerprint density at radius 2 is 1.69 bits per heavy atom. The Hall–Kier alpha value is -0.0400. The number of hydrogen-bond donors (Lipinski definition) is 1. The third-order valence-electron chi connectivity index (χ3n) is 4.11. The van der Waals surface area contributed by atoms with E-state index in [-0.39, 0.29) is 0 Å². The molecular formula is C15H31N. The van der Waals surface area contributed by atoms with Crippen molar-refractivity contribution in [3.05, 3.63) is 0 Å². The summed E-state index contributed by atoms with van der Waals surface area (Å²) in [6, 6.07) is 0.649. The van der Waals surface area contributed by atoms with Gasteiger partial charge in [-0.2, -0.15) is 0 Å². The molecule has 0 saturated heterocycles. The maximum absolute atomic E-state index is 3.54. The Bertz CT molecular complexity index is 172. The van der Waals surface area contributed by atoms with Crippen LogP contribution in [0.4, 0.5) is 0 Å². The maximum Gasteiger partial charge on any atom is 0.00103 e. The standard InChI is InChI=1S/C15H31N/c1-5-8-15(9-6-2)11-14(12-15)7-10-16-13(3)4/h13-14,16H,5-12H2,1-4H3. The predicted octanol–water partition coefficient (Wildman–Crippen LogP) is 4.37. The SMILES string of the molecule is CCCC1(CCC)CC(CCNC(C)C)C1. The van der Waals surface area contributed by atoms with Crippen LogP contribution in [0.1, 0.15) is 72.6 Å². The molecule has 0 radical (unpaired) electrons. The van der Waals surface area contributed by atoms with Crippen molar-refractivity contribution in [2.45, 2.75) is 78.7 Å². The zero-order chi connectivity index (χ0) is 12.0. The zero-order valence-corrected chi connectivity index (χ0v) is 11.8. The Kier molecular flexibility index (Phi) is 5.82. The van der Waals surface area contributed by atoms with Gasteiger partial charge in [-0.3, -0.25) is 0 Å². The highest BCUT2D eigenvalue weighted by atomic mass is 14.9. The summed E-state index contributed by atoms with van der Waals surface area (Å²) in [5.41, 5.74) is 0.756. The van der Waals surface area contributed by atoms with Gasteiger partial charge in [-0.15, -0.1) is 0 Å². The highest BCUT2D eigenvalue weighted by Gasteiger charge is 2.41. The molecule has 0 aromatic rings. The molecule has 0 heterocycles. The predicted molar refractivity (Wildman–Crippen MR) is 72.7 cm³/mol.